The number of hydrogen-bond acceptors (Lipinski definition) is 4. The van der Waals surface area contributed by atoms with Crippen molar-refractivity contribution in [3.05, 3.63) is 176 Å². The molecule has 0 aliphatic heterocycles. The minimum Gasteiger partial charge on any atom is -0.309 e. The minimum absolute atomic E-state index is 0.707. The lowest BCUT2D eigenvalue weighted by Crippen LogP contribution is -1.97. The highest BCUT2D eigenvalue weighted by Crippen LogP contribution is 2.50. The molecule has 0 saturated heterocycles. The van der Waals surface area contributed by atoms with Gasteiger partial charge in [0.25, 0.3) is 0 Å². The highest BCUT2D eigenvalue weighted by Gasteiger charge is 2.27. The molecule has 0 amide bonds. The zero-order chi connectivity index (χ0) is 36.0. The molecule has 12 aromatic rings. The number of pyridine rings is 1. The van der Waals surface area contributed by atoms with Crippen LogP contribution >= 0.6 is 11.3 Å². The first-order chi connectivity index (χ1) is 27.3. The Morgan fingerprint density at radius 1 is 0.418 bits per heavy atom. The van der Waals surface area contributed by atoms with E-state index in [4.69, 9.17) is 15.0 Å². The molecule has 5 nitrogen and oxygen atoms in total. The van der Waals surface area contributed by atoms with E-state index in [1.54, 1.807) is 11.3 Å². The summed E-state index contributed by atoms with van der Waals surface area (Å²) in [6.45, 7) is 0. The van der Waals surface area contributed by atoms with Crippen LogP contribution in [0.5, 0.6) is 0 Å². The van der Waals surface area contributed by atoms with E-state index < -0.39 is 0 Å². The fourth-order valence-corrected chi connectivity index (χ4v) is 9.86. The van der Waals surface area contributed by atoms with Gasteiger partial charge >= 0.3 is 0 Å². The molecule has 0 atom stereocenters. The molecule has 256 valence electrons. The lowest BCUT2D eigenvalue weighted by atomic mass is 10.0. The van der Waals surface area contributed by atoms with E-state index in [9.17, 15) is 0 Å². The summed E-state index contributed by atoms with van der Waals surface area (Å²) >= 11 is 1.78. The second-order valence-corrected chi connectivity index (χ2v) is 15.0. The zero-order valence-corrected chi connectivity index (χ0v) is 30.2. The van der Waals surface area contributed by atoms with Gasteiger partial charge in [0.05, 0.1) is 38.0 Å². The Balaban J connectivity index is 1.18. The smallest absolute Gasteiger partial charge is 0.160 e. The van der Waals surface area contributed by atoms with Gasteiger partial charge in [-0.3, -0.25) is 0 Å². The maximum absolute atomic E-state index is 5.17. The van der Waals surface area contributed by atoms with Crippen molar-refractivity contribution in [1.82, 2.24) is 24.1 Å². The quantitative estimate of drug-likeness (QED) is 0.182. The highest BCUT2D eigenvalue weighted by atomic mass is 32.1. The Morgan fingerprint density at radius 2 is 1.02 bits per heavy atom. The van der Waals surface area contributed by atoms with Crippen LogP contribution in [0.15, 0.2) is 176 Å². The molecule has 0 bridgehead atoms. The van der Waals surface area contributed by atoms with Gasteiger partial charge in [-0.1, -0.05) is 103 Å². The van der Waals surface area contributed by atoms with E-state index in [2.05, 4.69) is 167 Å². The molecule has 0 saturated carbocycles. The molecular formula is C49H29N5S. The Bertz CT molecular complexity index is 3470. The third kappa shape index (κ3) is 4.37. The lowest BCUT2D eigenvalue weighted by molar-refractivity contribution is 1.18. The molecule has 0 radical (unpaired) electrons. The summed E-state index contributed by atoms with van der Waals surface area (Å²) in [6, 6.07) is 60.1. The summed E-state index contributed by atoms with van der Waals surface area (Å²) in [6.07, 6.45) is 1.91. The molecule has 5 aromatic heterocycles. The van der Waals surface area contributed by atoms with Gasteiger partial charge in [-0.2, -0.15) is 0 Å². The number of nitrogens with zero attached hydrogens (tertiary/aromatic N) is 5. The van der Waals surface area contributed by atoms with Crippen molar-refractivity contribution in [1.29, 1.82) is 0 Å². The summed E-state index contributed by atoms with van der Waals surface area (Å²) in [5.74, 6) is 0.707. The third-order valence-corrected chi connectivity index (χ3v) is 12.1. The summed E-state index contributed by atoms with van der Waals surface area (Å²) in [4.78, 5) is 16.2. The van der Waals surface area contributed by atoms with Crippen LogP contribution in [0.3, 0.4) is 0 Å². The Morgan fingerprint density at radius 3 is 1.78 bits per heavy atom. The maximum atomic E-state index is 5.17. The van der Waals surface area contributed by atoms with Crippen molar-refractivity contribution in [2.75, 3.05) is 0 Å². The van der Waals surface area contributed by atoms with E-state index in [0.29, 0.717) is 5.82 Å². The normalized spacial score (nSPS) is 12.0. The predicted molar refractivity (Wildman–Crippen MR) is 230 cm³/mol. The molecule has 0 fully saturated rings. The van der Waals surface area contributed by atoms with Gasteiger partial charge in [0.15, 0.2) is 5.82 Å². The molecular weight excluding hydrogens is 691 g/mol. The second-order valence-electron chi connectivity index (χ2n) is 14.0. The number of hydrogen-bond donors (Lipinski definition) is 0. The van der Waals surface area contributed by atoms with Gasteiger partial charge in [0.1, 0.15) is 4.83 Å². The predicted octanol–water partition coefficient (Wildman–Crippen LogP) is 12.9. The number of rotatable bonds is 4. The molecule has 0 N–H and O–H groups in total. The number of fused-ring (bicyclic) bond motifs is 13. The number of benzene rings is 7. The van der Waals surface area contributed by atoms with Gasteiger partial charge in [-0.05, 0) is 66.7 Å². The molecule has 55 heavy (non-hydrogen) atoms. The van der Waals surface area contributed by atoms with Gasteiger partial charge < -0.3 is 9.13 Å². The average Bonchev–Trinajstić information content (AvgIpc) is 3.92. The molecule has 6 heteroatoms. The lowest BCUT2D eigenvalue weighted by Gasteiger charge is -2.12. The average molecular weight is 720 g/mol. The fourth-order valence-electron chi connectivity index (χ4n) is 8.67. The summed E-state index contributed by atoms with van der Waals surface area (Å²) in [5.41, 5.74) is 10.9. The number of thiophene rings is 1. The first kappa shape index (κ1) is 30.3. The van der Waals surface area contributed by atoms with Crippen molar-refractivity contribution in [3.8, 4) is 34.0 Å². The van der Waals surface area contributed by atoms with Crippen molar-refractivity contribution in [2.45, 2.75) is 0 Å². The molecule has 0 aliphatic carbocycles. The fraction of sp³-hybridized carbons (Fsp3) is 0. The Hall–Kier alpha value is -7.15. The Kier molecular flexibility index (Phi) is 6.44. The highest BCUT2D eigenvalue weighted by molar-refractivity contribution is 7.26. The Labute approximate surface area is 319 Å². The van der Waals surface area contributed by atoms with E-state index in [0.717, 1.165) is 49.4 Å². The van der Waals surface area contributed by atoms with Crippen LogP contribution in [0.2, 0.25) is 0 Å². The molecule has 0 unspecified atom stereocenters. The minimum atomic E-state index is 0.707. The standard InChI is InChI=1S/C49H29N5S/c1-3-14-30(15-4-1)44-34-18-7-10-22-38(34)51-48(52-44)31-25-27-33(28-26-31)54-40-24-12-9-20-36(40)43-45-41(42-37-21-13-29-50-49(37)55-47(42)46(43)54)35-19-8-11-23-39(35)53(45)32-16-5-2-6-17-32/h1-29H. The molecule has 0 spiro atoms. The van der Waals surface area contributed by atoms with E-state index >= 15 is 0 Å². The molecule has 0 aliphatic rings. The number of para-hydroxylation sites is 4. The second kappa shape index (κ2) is 11.7. The summed E-state index contributed by atoms with van der Waals surface area (Å²) in [5, 5.41) is 8.43. The van der Waals surface area contributed by atoms with Crippen LogP contribution in [0.1, 0.15) is 0 Å². The van der Waals surface area contributed by atoms with Gasteiger partial charge in [0, 0.05) is 66.4 Å². The first-order valence-corrected chi connectivity index (χ1v) is 19.3. The third-order valence-electron chi connectivity index (χ3n) is 11.0. The zero-order valence-electron chi connectivity index (χ0n) is 29.4. The SMILES string of the molecule is c1ccc(-c2nc(-c3ccc(-n4c5ccccc5c5c4c4sc6ncccc6c4c4c6ccccc6n(-c6ccccc6)c45)cc3)nc3ccccc23)cc1. The van der Waals surface area contributed by atoms with Gasteiger partial charge in [0.2, 0.25) is 0 Å². The van der Waals surface area contributed by atoms with E-state index in [1.165, 1.54) is 53.6 Å². The van der Waals surface area contributed by atoms with Crippen LogP contribution in [0.25, 0.3) is 109 Å². The van der Waals surface area contributed by atoms with Gasteiger partial charge in [-0.15, -0.1) is 11.3 Å². The van der Waals surface area contributed by atoms with Crippen LogP contribution < -0.4 is 0 Å². The summed E-state index contributed by atoms with van der Waals surface area (Å²) in [7, 11) is 0. The molecule has 5 heterocycles. The van der Waals surface area contributed by atoms with E-state index in [-0.39, 0.29) is 0 Å². The summed E-state index contributed by atoms with van der Waals surface area (Å²) < 4.78 is 6.15. The number of aromatic nitrogens is 5. The van der Waals surface area contributed by atoms with Crippen molar-refractivity contribution in [3.63, 3.8) is 0 Å². The topological polar surface area (TPSA) is 48.5 Å². The monoisotopic (exact) mass is 719 g/mol. The first-order valence-electron chi connectivity index (χ1n) is 18.5. The van der Waals surface area contributed by atoms with Crippen LogP contribution in [-0.4, -0.2) is 24.1 Å². The van der Waals surface area contributed by atoms with Crippen molar-refractivity contribution in [2.24, 2.45) is 0 Å². The molecule has 12 rings (SSSR count). The maximum Gasteiger partial charge on any atom is 0.160 e. The van der Waals surface area contributed by atoms with Crippen molar-refractivity contribution >= 4 is 86.2 Å². The van der Waals surface area contributed by atoms with Crippen LogP contribution in [-0.2, 0) is 0 Å². The van der Waals surface area contributed by atoms with Crippen molar-refractivity contribution < 1.29 is 0 Å². The van der Waals surface area contributed by atoms with Gasteiger partial charge in [-0.25, -0.2) is 15.0 Å². The van der Waals surface area contributed by atoms with E-state index in [1.807, 2.05) is 18.3 Å². The largest absolute Gasteiger partial charge is 0.309 e. The molecule has 7 aromatic carbocycles. The van der Waals surface area contributed by atoms with Crippen LogP contribution in [0, 0.1) is 0 Å². The van der Waals surface area contributed by atoms with Crippen LogP contribution in [0.4, 0.5) is 0 Å².